The van der Waals surface area contributed by atoms with Crippen molar-refractivity contribution in [3.05, 3.63) is 28.8 Å². The highest BCUT2D eigenvalue weighted by Crippen LogP contribution is 2.42. The van der Waals surface area contributed by atoms with E-state index < -0.39 is 0 Å². The lowest BCUT2D eigenvalue weighted by atomic mass is 10.0. The van der Waals surface area contributed by atoms with Crippen LogP contribution < -0.4 is 5.73 Å². The van der Waals surface area contributed by atoms with Crippen LogP contribution >= 0.6 is 23.4 Å². The molecule has 0 saturated heterocycles. The predicted octanol–water partition coefficient (Wildman–Crippen LogP) is 3.47. The van der Waals surface area contributed by atoms with E-state index in [4.69, 9.17) is 17.3 Å². The quantitative estimate of drug-likeness (QED) is 0.801. The number of halogens is 1. The van der Waals surface area contributed by atoms with Crippen LogP contribution in [0.5, 0.6) is 0 Å². The van der Waals surface area contributed by atoms with Gasteiger partial charge in [-0.1, -0.05) is 11.6 Å². The van der Waals surface area contributed by atoms with Crippen LogP contribution in [-0.4, -0.2) is 6.26 Å². The molecule has 76 valence electrons. The van der Waals surface area contributed by atoms with Gasteiger partial charge in [0, 0.05) is 16.0 Å². The molecule has 3 heteroatoms. The molecular weight excluding hydrogens is 214 g/mol. The Morgan fingerprint density at radius 2 is 2.21 bits per heavy atom. The van der Waals surface area contributed by atoms with Gasteiger partial charge in [-0.25, -0.2) is 0 Å². The summed E-state index contributed by atoms with van der Waals surface area (Å²) in [4.78, 5) is 1.26. The molecule has 0 bridgehead atoms. The number of nitrogens with two attached hydrogens (primary N) is 1. The molecular formula is C11H14ClNS. The Hall–Kier alpha value is -0.180. The lowest BCUT2D eigenvalue weighted by Gasteiger charge is -2.14. The van der Waals surface area contributed by atoms with E-state index in [2.05, 4.69) is 12.3 Å². The zero-order valence-electron chi connectivity index (χ0n) is 8.16. The fourth-order valence-corrected chi connectivity index (χ4v) is 2.49. The molecule has 1 unspecified atom stereocenters. The molecule has 1 fully saturated rings. The van der Waals surface area contributed by atoms with Gasteiger partial charge in [-0.15, -0.1) is 11.8 Å². The van der Waals surface area contributed by atoms with E-state index in [9.17, 15) is 0 Å². The fraction of sp³-hybridized carbons (Fsp3) is 0.455. The topological polar surface area (TPSA) is 26.0 Å². The maximum atomic E-state index is 6.17. The molecule has 2 rings (SSSR count). The van der Waals surface area contributed by atoms with Gasteiger partial charge in [-0.05, 0) is 48.8 Å². The summed E-state index contributed by atoms with van der Waals surface area (Å²) in [6.45, 7) is 0. The van der Waals surface area contributed by atoms with Crippen LogP contribution in [0, 0.1) is 5.92 Å². The summed E-state index contributed by atoms with van der Waals surface area (Å²) in [6, 6.07) is 6.17. The second-order valence-electron chi connectivity index (χ2n) is 3.75. The van der Waals surface area contributed by atoms with Crippen LogP contribution in [0.4, 0.5) is 0 Å². The number of hydrogen-bond donors (Lipinski definition) is 1. The minimum atomic E-state index is 0.177. The summed E-state index contributed by atoms with van der Waals surface area (Å²) in [5.74, 6) is 0.680. The Kier molecular flexibility index (Phi) is 3.05. The molecule has 0 aliphatic heterocycles. The molecule has 0 spiro atoms. The third-order valence-corrected chi connectivity index (χ3v) is 3.73. The number of benzene rings is 1. The summed E-state index contributed by atoms with van der Waals surface area (Å²) in [7, 11) is 0. The number of thioether (sulfide) groups is 1. The Morgan fingerprint density at radius 1 is 1.50 bits per heavy atom. The molecule has 1 aliphatic carbocycles. The van der Waals surface area contributed by atoms with Crippen LogP contribution in [0.15, 0.2) is 23.1 Å². The van der Waals surface area contributed by atoms with Crippen molar-refractivity contribution in [1.29, 1.82) is 0 Å². The largest absolute Gasteiger partial charge is 0.324 e. The van der Waals surface area contributed by atoms with Gasteiger partial charge < -0.3 is 5.73 Å². The van der Waals surface area contributed by atoms with E-state index in [0.717, 1.165) is 5.02 Å². The van der Waals surface area contributed by atoms with Crippen molar-refractivity contribution in [3.8, 4) is 0 Å². The molecule has 14 heavy (non-hydrogen) atoms. The highest BCUT2D eigenvalue weighted by atomic mass is 35.5. The first-order chi connectivity index (χ1) is 6.72. The molecule has 1 aliphatic rings. The van der Waals surface area contributed by atoms with Gasteiger partial charge in [0.15, 0.2) is 0 Å². The average Bonchev–Trinajstić information content (AvgIpc) is 3.00. The molecule has 1 nitrogen and oxygen atoms in total. The number of rotatable bonds is 3. The first-order valence-corrected chi connectivity index (χ1v) is 6.41. The normalized spacial score (nSPS) is 18.2. The van der Waals surface area contributed by atoms with E-state index in [1.165, 1.54) is 23.3 Å². The fourth-order valence-electron chi connectivity index (χ4n) is 1.67. The van der Waals surface area contributed by atoms with Gasteiger partial charge in [-0.2, -0.15) is 0 Å². The van der Waals surface area contributed by atoms with Crippen LogP contribution in [-0.2, 0) is 0 Å². The van der Waals surface area contributed by atoms with Gasteiger partial charge in [-0.3, -0.25) is 0 Å². The second-order valence-corrected chi connectivity index (χ2v) is 5.03. The van der Waals surface area contributed by atoms with Gasteiger partial charge in [0.2, 0.25) is 0 Å². The van der Waals surface area contributed by atoms with Crippen LogP contribution in [0.3, 0.4) is 0 Å². The number of hydrogen-bond acceptors (Lipinski definition) is 2. The summed E-state index contributed by atoms with van der Waals surface area (Å²) in [5.41, 5.74) is 7.39. The van der Waals surface area contributed by atoms with Gasteiger partial charge in [0.05, 0.1) is 0 Å². The average molecular weight is 228 g/mol. The van der Waals surface area contributed by atoms with Crippen molar-refractivity contribution in [2.45, 2.75) is 23.8 Å². The van der Waals surface area contributed by atoms with E-state index >= 15 is 0 Å². The molecule has 0 radical (unpaired) electrons. The molecule has 1 atom stereocenters. The Bertz CT molecular complexity index is 336. The van der Waals surface area contributed by atoms with E-state index in [1.54, 1.807) is 11.8 Å². The summed E-state index contributed by atoms with van der Waals surface area (Å²) in [5, 5.41) is 0.786. The lowest BCUT2D eigenvalue weighted by molar-refractivity contribution is 0.623. The molecule has 0 aromatic heterocycles. The lowest BCUT2D eigenvalue weighted by Crippen LogP contribution is -2.13. The van der Waals surface area contributed by atoms with Crippen molar-refractivity contribution < 1.29 is 0 Å². The first kappa shape index (κ1) is 10.3. The molecule has 0 heterocycles. The van der Waals surface area contributed by atoms with Crippen LogP contribution in [0.25, 0.3) is 0 Å². The van der Waals surface area contributed by atoms with Gasteiger partial charge in [0.25, 0.3) is 0 Å². The van der Waals surface area contributed by atoms with Crippen molar-refractivity contribution in [2.24, 2.45) is 11.7 Å². The maximum absolute atomic E-state index is 6.17. The first-order valence-electron chi connectivity index (χ1n) is 4.81. The van der Waals surface area contributed by atoms with Gasteiger partial charge in [0.1, 0.15) is 0 Å². The summed E-state index contributed by atoms with van der Waals surface area (Å²) < 4.78 is 0. The maximum Gasteiger partial charge on any atom is 0.0410 e. The molecule has 1 saturated carbocycles. The van der Waals surface area contributed by atoms with Crippen molar-refractivity contribution in [3.63, 3.8) is 0 Å². The smallest absolute Gasteiger partial charge is 0.0410 e. The van der Waals surface area contributed by atoms with Crippen LogP contribution in [0.1, 0.15) is 24.4 Å². The highest BCUT2D eigenvalue weighted by Gasteiger charge is 2.30. The van der Waals surface area contributed by atoms with Crippen molar-refractivity contribution >= 4 is 23.4 Å². The predicted molar refractivity (Wildman–Crippen MR) is 62.9 cm³/mol. The SMILES string of the molecule is CSc1ccc(Cl)cc1C(N)C1CC1. The van der Waals surface area contributed by atoms with E-state index in [-0.39, 0.29) is 6.04 Å². The van der Waals surface area contributed by atoms with E-state index in [1.807, 2.05) is 12.1 Å². The Labute approximate surface area is 94.0 Å². The monoisotopic (exact) mass is 227 g/mol. The summed E-state index contributed by atoms with van der Waals surface area (Å²) >= 11 is 7.72. The Morgan fingerprint density at radius 3 is 2.79 bits per heavy atom. The molecule has 2 N–H and O–H groups in total. The highest BCUT2D eigenvalue weighted by molar-refractivity contribution is 7.98. The molecule has 1 aromatic carbocycles. The zero-order valence-corrected chi connectivity index (χ0v) is 9.74. The van der Waals surface area contributed by atoms with Crippen molar-refractivity contribution in [1.82, 2.24) is 0 Å². The minimum absolute atomic E-state index is 0.177. The van der Waals surface area contributed by atoms with Crippen molar-refractivity contribution in [2.75, 3.05) is 6.26 Å². The van der Waals surface area contributed by atoms with Crippen LogP contribution in [0.2, 0.25) is 5.02 Å². The molecule has 1 aromatic rings. The molecule has 0 amide bonds. The standard InChI is InChI=1S/C11H14ClNS/c1-14-10-5-4-8(12)6-9(10)11(13)7-2-3-7/h4-7,11H,2-3,13H2,1H3. The second kappa shape index (κ2) is 4.13. The third-order valence-electron chi connectivity index (χ3n) is 2.68. The van der Waals surface area contributed by atoms with E-state index in [0.29, 0.717) is 5.92 Å². The van der Waals surface area contributed by atoms with Gasteiger partial charge >= 0.3 is 0 Å². The zero-order chi connectivity index (χ0) is 10.1. The summed E-state index contributed by atoms with van der Waals surface area (Å²) in [6.07, 6.45) is 4.61. The Balaban J connectivity index is 2.32. The third kappa shape index (κ3) is 2.08. The minimum Gasteiger partial charge on any atom is -0.324 e.